The van der Waals surface area contributed by atoms with Crippen LogP contribution in [-0.4, -0.2) is 39.7 Å². The number of aromatic nitrogens is 2. The number of aromatic amines is 1. The third-order valence-electron chi connectivity index (χ3n) is 5.99. The van der Waals surface area contributed by atoms with Crippen LogP contribution in [-0.2, 0) is 6.54 Å². The van der Waals surface area contributed by atoms with Crippen LogP contribution in [0.3, 0.4) is 0 Å². The summed E-state index contributed by atoms with van der Waals surface area (Å²) in [4.78, 5) is 58.8. The summed E-state index contributed by atoms with van der Waals surface area (Å²) in [5, 5.41) is 2.84. The Hall–Kier alpha value is -5.05. The Balaban J connectivity index is 1.39. The molecule has 3 amide bonds. The van der Waals surface area contributed by atoms with Crippen LogP contribution < -0.4 is 15.6 Å². The van der Waals surface area contributed by atoms with Gasteiger partial charge in [0, 0.05) is 23.0 Å². The lowest BCUT2D eigenvalue weighted by molar-refractivity contribution is 0.0642. The summed E-state index contributed by atoms with van der Waals surface area (Å²) in [5.41, 5.74) is 2.99. The molecule has 2 N–H and O–H groups in total. The average molecular weight is 495 g/mol. The third-order valence-corrected chi connectivity index (χ3v) is 5.99. The SMILES string of the molecule is COc1ccc(CN2C(=O)c3ccccc3C2=O)cc1C(=O)Nc1cccc(-c2nc(C)cc(=O)[nH]2)c1. The molecule has 9 heteroatoms. The highest BCUT2D eigenvalue weighted by molar-refractivity contribution is 6.21. The molecule has 0 radical (unpaired) electrons. The van der Waals surface area contributed by atoms with Gasteiger partial charge in [0.1, 0.15) is 11.6 Å². The van der Waals surface area contributed by atoms with Gasteiger partial charge in [-0.3, -0.25) is 24.1 Å². The molecule has 0 fully saturated rings. The number of H-pyrrole nitrogens is 1. The van der Waals surface area contributed by atoms with Crippen LogP contribution in [0.1, 0.15) is 42.3 Å². The van der Waals surface area contributed by atoms with Crippen molar-refractivity contribution in [3.05, 3.63) is 111 Å². The van der Waals surface area contributed by atoms with E-state index < -0.39 is 5.91 Å². The topological polar surface area (TPSA) is 121 Å². The lowest BCUT2D eigenvalue weighted by Crippen LogP contribution is -2.29. The van der Waals surface area contributed by atoms with E-state index in [1.54, 1.807) is 73.7 Å². The first kappa shape index (κ1) is 23.7. The van der Waals surface area contributed by atoms with E-state index >= 15 is 0 Å². The second kappa shape index (κ2) is 9.54. The summed E-state index contributed by atoms with van der Waals surface area (Å²) in [6, 6.07) is 19.9. The van der Waals surface area contributed by atoms with E-state index in [9.17, 15) is 19.2 Å². The van der Waals surface area contributed by atoms with Crippen molar-refractivity contribution in [3.8, 4) is 17.1 Å². The molecule has 1 aliphatic heterocycles. The molecule has 4 aromatic rings. The van der Waals surface area contributed by atoms with Gasteiger partial charge in [-0.1, -0.05) is 30.3 Å². The molecule has 1 aliphatic rings. The molecular weight excluding hydrogens is 472 g/mol. The number of carbonyl (C=O) groups excluding carboxylic acids is 3. The van der Waals surface area contributed by atoms with E-state index in [4.69, 9.17) is 4.74 Å². The van der Waals surface area contributed by atoms with Gasteiger partial charge >= 0.3 is 0 Å². The Bertz CT molecular complexity index is 1590. The molecular formula is C28H22N4O5. The number of rotatable bonds is 6. The number of ether oxygens (including phenoxy) is 1. The fourth-order valence-corrected chi connectivity index (χ4v) is 4.25. The second-order valence-corrected chi connectivity index (χ2v) is 8.55. The minimum Gasteiger partial charge on any atom is -0.496 e. The smallest absolute Gasteiger partial charge is 0.261 e. The Morgan fingerprint density at radius 1 is 0.946 bits per heavy atom. The predicted octanol–water partition coefficient (Wildman–Crippen LogP) is 3.80. The van der Waals surface area contributed by atoms with E-state index in [1.807, 2.05) is 0 Å². The third kappa shape index (κ3) is 4.62. The molecule has 0 unspecified atom stereocenters. The normalized spacial score (nSPS) is 12.4. The highest BCUT2D eigenvalue weighted by Crippen LogP contribution is 2.27. The number of imide groups is 1. The number of fused-ring (bicyclic) bond motifs is 1. The molecule has 0 bridgehead atoms. The van der Waals surface area contributed by atoms with E-state index in [2.05, 4.69) is 15.3 Å². The lowest BCUT2D eigenvalue weighted by Gasteiger charge is -2.16. The molecule has 0 spiro atoms. The van der Waals surface area contributed by atoms with Crippen molar-refractivity contribution in [2.24, 2.45) is 0 Å². The number of aryl methyl sites for hydroxylation is 1. The minimum atomic E-state index is -0.441. The van der Waals surface area contributed by atoms with Crippen molar-refractivity contribution in [2.75, 3.05) is 12.4 Å². The van der Waals surface area contributed by atoms with Gasteiger partial charge in [0.2, 0.25) is 0 Å². The molecule has 0 saturated carbocycles. The number of anilines is 1. The number of hydrogen-bond acceptors (Lipinski definition) is 6. The molecule has 3 aromatic carbocycles. The van der Waals surface area contributed by atoms with Crippen LogP contribution in [0.2, 0.25) is 0 Å². The molecule has 2 heterocycles. The Labute approximate surface area is 211 Å². The number of nitrogens with one attached hydrogen (secondary N) is 2. The zero-order chi connectivity index (χ0) is 26.1. The van der Waals surface area contributed by atoms with Gasteiger partial charge in [0.05, 0.1) is 30.3 Å². The minimum absolute atomic E-state index is 0.0124. The summed E-state index contributed by atoms with van der Waals surface area (Å²) >= 11 is 0. The van der Waals surface area contributed by atoms with Gasteiger partial charge in [0.25, 0.3) is 23.3 Å². The van der Waals surface area contributed by atoms with Crippen molar-refractivity contribution >= 4 is 23.4 Å². The van der Waals surface area contributed by atoms with Gasteiger partial charge in [-0.05, 0) is 48.9 Å². The second-order valence-electron chi connectivity index (χ2n) is 8.55. The zero-order valence-corrected chi connectivity index (χ0v) is 20.1. The first-order chi connectivity index (χ1) is 17.8. The number of methoxy groups -OCH3 is 1. The molecule has 37 heavy (non-hydrogen) atoms. The summed E-state index contributed by atoms with van der Waals surface area (Å²) in [5.74, 6) is -0.459. The maximum atomic E-state index is 13.2. The molecule has 0 saturated heterocycles. The van der Waals surface area contributed by atoms with Gasteiger partial charge < -0.3 is 15.0 Å². The molecule has 5 rings (SSSR count). The molecule has 0 aliphatic carbocycles. The van der Waals surface area contributed by atoms with Crippen LogP contribution in [0.15, 0.2) is 77.6 Å². The number of amides is 3. The quantitative estimate of drug-likeness (QED) is 0.393. The summed E-state index contributed by atoms with van der Waals surface area (Å²) < 4.78 is 5.38. The van der Waals surface area contributed by atoms with E-state index in [0.29, 0.717) is 45.2 Å². The largest absolute Gasteiger partial charge is 0.496 e. The van der Waals surface area contributed by atoms with Crippen LogP contribution in [0.25, 0.3) is 11.4 Å². The predicted molar refractivity (Wildman–Crippen MR) is 137 cm³/mol. The molecule has 9 nitrogen and oxygen atoms in total. The number of carbonyl (C=O) groups is 3. The number of benzene rings is 3. The number of hydrogen-bond donors (Lipinski definition) is 2. The molecule has 1 aromatic heterocycles. The Morgan fingerprint density at radius 2 is 1.68 bits per heavy atom. The fraction of sp³-hybridized carbons (Fsp3) is 0.107. The average Bonchev–Trinajstić information content (AvgIpc) is 3.13. The van der Waals surface area contributed by atoms with Crippen LogP contribution in [0, 0.1) is 6.92 Å². The molecule has 184 valence electrons. The number of nitrogens with zero attached hydrogens (tertiary/aromatic N) is 2. The van der Waals surface area contributed by atoms with Crippen molar-refractivity contribution in [2.45, 2.75) is 13.5 Å². The fourth-order valence-electron chi connectivity index (χ4n) is 4.25. The van der Waals surface area contributed by atoms with Gasteiger partial charge in [-0.2, -0.15) is 0 Å². The summed E-state index contributed by atoms with van der Waals surface area (Å²) in [6.45, 7) is 1.74. The van der Waals surface area contributed by atoms with E-state index in [1.165, 1.54) is 13.2 Å². The first-order valence-corrected chi connectivity index (χ1v) is 11.5. The summed E-state index contributed by atoms with van der Waals surface area (Å²) in [6.07, 6.45) is 0. The monoisotopic (exact) mass is 494 g/mol. The van der Waals surface area contributed by atoms with Crippen molar-refractivity contribution in [1.29, 1.82) is 0 Å². The van der Waals surface area contributed by atoms with Crippen LogP contribution in [0.5, 0.6) is 5.75 Å². The Kier molecular flexibility index (Phi) is 6.10. The van der Waals surface area contributed by atoms with Crippen molar-refractivity contribution in [3.63, 3.8) is 0 Å². The highest BCUT2D eigenvalue weighted by Gasteiger charge is 2.35. The Morgan fingerprint density at radius 3 is 2.35 bits per heavy atom. The molecule has 0 atom stereocenters. The van der Waals surface area contributed by atoms with Gasteiger partial charge in [-0.25, -0.2) is 4.98 Å². The summed E-state index contributed by atoms with van der Waals surface area (Å²) in [7, 11) is 1.45. The zero-order valence-electron chi connectivity index (χ0n) is 20.1. The van der Waals surface area contributed by atoms with Gasteiger partial charge in [-0.15, -0.1) is 0 Å². The van der Waals surface area contributed by atoms with Crippen molar-refractivity contribution in [1.82, 2.24) is 14.9 Å². The van der Waals surface area contributed by atoms with Crippen LogP contribution in [0.4, 0.5) is 5.69 Å². The maximum Gasteiger partial charge on any atom is 0.261 e. The van der Waals surface area contributed by atoms with Crippen molar-refractivity contribution < 1.29 is 19.1 Å². The maximum absolute atomic E-state index is 13.2. The highest BCUT2D eigenvalue weighted by atomic mass is 16.5. The van der Waals surface area contributed by atoms with E-state index in [0.717, 1.165) is 4.90 Å². The standard InChI is InChI=1S/C28H22N4O5/c1-16-12-24(33)31-25(29-16)18-6-5-7-19(14-18)30-26(34)22-13-17(10-11-23(22)37-2)15-32-27(35)20-8-3-4-9-21(20)28(32)36/h3-14H,15H2,1-2H3,(H,30,34)(H,29,31,33). The van der Waals surface area contributed by atoms with Gasteiger partial charge in [0.15, 0.2) is 0 Å². The van der Waals surface area contributed by atoms with E-state index in [-0.39, 0.29) is 29.5 Å². The van der Waals surface area contributed by atoms with Crippen LogP contribution >= 0.6 is 0 Å². The lowest BCUT2D eigenvalue weighted by atomic mass is 10.1. The first-order valence-electron chi connectivity index (χ1n) is 11.5.